The molecule has 0 nitrogen and oxygen atoms in total. The standard InChI is InChI=1S/C13H12/c1-2-6-11-8-5-9-12-7-3-4-10-13(11)12/h2-5,7-10H,1,6H2/i11+1. The summed E-state index contributed by atoms with van der Waals surface area (Å²) in [6.07, 6.45) is 2.89. The van der Waals surface area contributed by atoms with Crippen molar-refractivity contribution in [1.82, 2.24) is 0 Å². The van der Waals surface area contributed by atoms with Crippen LogP contribution in [0.4, 0.5) is 0 Å². The van der Waals surface area contributed by atoms with Crippen molar-refractivity contribution in [2.45, 2.75) is 6.42 Å². The number of benzene rings is 2. The molecule has 0 aliphatic heterocycles. The molecule has 2 aromatic carbocycles. The molecular formula is C13H12. The van der Waals surface area contributed by atoms with Gasteiger partial charge < -0.3 is 0 Å². The van der Waals surface area contributed by atoms with Gasteiger partial charge in [-0.3, -0.25) is 0 Å². The molecule has 2 aromatic rings. The molecule has 0 aliphatic carbocycles. The highest BCUT2D eigenvalue weighted by molar-refractivity contribution is 5.85. The molecule has 0 radical (unpaired) electrons. The molecule has 0 bridgehead atoms. The SMILES string of the molecule is C=CC[13c]1cccc2ccccc21. The smallest absolute Gasteiger partial charge is 0.00940 e. The Morgan fingerprint density at radius 2 is 1.77 bits per heavy atom. The third-order valence-electron chi connectivity index (χ3n) is 2.24. The Morgan fingerprint density at radius 3 is 2.62 bits per heavy atom. The molecule has 2 rings (SSSR count). The van der Waals surface area contributed by atoms with Crippen LogP contribution in [0, 0.1) is 0 Å². The van der Waals surface area contributed by atoms with Gasteiger partial charge in [-0.15, -0.1) is 6.58 Å². The lowest BCUT2D eigenvalue weighted by Gasteiger charge is -2.02. The second-order valence-electron chi connectivity index (χ2n) is 3.13. The molecule has 0 amide bonds. The Labute approximate surface area is 78.5 Å². The predicted molar refractivity (Wildman–Crippen MR) is 57.8 cm³/mol. The third-order valence-corrected chi connectivity index (χ3v) is 2.24. The second-order valence-corrected chi connectivity index (χ2v) is 3.13. The Morgan fingerprint density at radius 1 is 1.00 bits per heavy atom. The van der Waals surface area contributed by atoms with Gasteiger partial charge in [0.2, 0.25) is 0 Å². The van der Waals surface area contributed by atoms with Crippen LogP contribution < -0.4 is 0 Å². The third kappa shape index (κ3) is 1.48. The predicted octanol–water partition coefficient (Wildman–Crippen LogP) is 3.57. The second kappa shape index (κ2) is 3.44. The van der Waals surface area contributed by atoms with E-state index in [1.807, 2.05) is 6.08 Å². The summed E-state index contributed by atoms with van der Waals surface area (Å²) < 4.78 is 0. The van der Waals surface area contributed by atoms with Gasteiger partial charge in [0.25, 0.3) is 0 Å². The molecule has 0 saturated heterocycles. The summed E-state index contributed by atoms with van der Waals surface area (Å²) in [5.41, 5.74) is 1.35. The maximum atomic E-state index is 3.76. The first-order valence-electron chi connectivity index (χ1n) is 4.49. The molecule has 0 fully saturated rings. The van der Waals surface area contributed by atoms with Crippen LogP contribution in [0.15, 0.2) is 55.1 Å². The van der Waals surface area contributed by atoms with Crippen molar-refractivity contribution in [3.63, 3.8) is 0 Å². The number of hydrogen-bond donors (Lipinski definition) is 0. The molecular weight excluding hydrogens is 157 g/mol. The summed E-state index contributed by atoms with van der Waals surface area (Å²) in [6.45, 7) is 3.76. The number of fused-ring (bicyclic) bond motifs is 1. The quantitative estimate of drug-likeness (QED) is 0.603. The van der Waals surface area contributed by atoms with Crippen molar-refractivity contribution in [3.05, 3.63) is 60.7 Å². The van der Waals surface area contributed by atoms with Gasteiger partial charge >= 0.3 is 0 Å². The molecule has 0 saturated carbocycles. The molecule has 0 aliphatic rings. The van der Waals surface area contributed by atoms with Crippen LogP contribution in [-0.4, -0.2) is 0 Å². The van der Waals surface area contributed by atoms with E-state index in [-0.39, 0.29) is 0 Å². The van der Waals surface area contributed by atoms with Crippen LogP contribution in [-0.2, 0) is 6.42 Å². The zero-order valence-corrected chi connectivity index (χ0v) is 7.53. The first-order valence-corrected chi connectivity index (χ1v) is 4.49. The molecule has 0 unspecified atom stereocenters. The minimum absolute atomic E-state index is 0.946. The first kappa shape index (κ1) is 8.06. The molecule has 0 heterocycles. The summed E-state index contributed by atoms with van der Waals surface area (Å²) in [5, 5.41) is 2.65. The van der Waals surface area contributed by atoms with E-state index in [4.69, 9.17) is 0 Å². The monoisotopic (exact) mass is 169 g/mol. The summed E-state index contributed by atoms with van der Waals surface area (Å²) in [7, 11) is 0. The van der Waals surface area contributed by atoms with Crippen LogP contribution >= 0.6 is 0 Å². The topological polar surface area (TPSA) is 0 Å². The van der Waals surface area contributed by atoms with Gasteiger partial charge in [0.1, 0.15) is 0 Å². The van der Waals surface area contributed by atoms with Crippen molar-refractivity contribution < 1.29 is 0 Å². The highest BCUT2D eigenvalue weighted by Crippen LogP contribution is 2.18. The lowest BCUT2D eigenvalue weighted by molar-refractivity contribution is 1.31. The summed E-state index contributed by atoms with van der Waals surface area (Å²) in [6, 6.07) is 14.8. The van der Waals surface area contributed by atoms with E-state index >= 15 is 0 Å². The van der Waals surface area contributed by atoms with Crippen LogP contribution in [0.1, 0.15) is 5.56 Å². The van der Waals surface area contributed by atoms with Gasteiger partial charge in [-0.05, 0) is 22.8 Å². The van der Waals surface area contributed by atoms with Crippen LogP contribution in [0.3, 0.4) is 0 Å². The average Bonchev–Trinajstić information content (AvgIpc) is 2.19. The van der Waals surface area contributed by atoms with Gasteiger partial charge in [0.15, 0.2) is 0 Å². The highest BCUT2D eigenvalue weighted by Gasteiger charge is 1.96. The Hall–Kier alpha value is -1.56. The van der Waals surface area contributed by atoms with Gasteiger partial charge in [-0.1, -0.05) is 48.5 Å². The largest absolute Gasteiger partial charge is 0.103 e. The highest BCUT2D eigenvalue weighted by atomic mass is 14.3. The fourth-order valence-electron chi connectivity index (χ4n) is 1.63. The van der Waals surface area contributed by atoms with Crippen molar-refractivity contribution in [2.75, 3.05) is 0 Å². The molecule has 13 heavy (non-hydrogen) atoms. The minimum Gasteiger partial charge on any atom is -0.103 e. The van der Waals surface area contributed by atoms with Gasteiger partial charge in [0, 0.05) is 0 Å². The van der Waals surface area contributed by atoms with Gasteiger partial charge in [-0.2, -0.15) is 0 Å². The average molecular weight is 169 g/mol. The van der Waals surface area contributed by atoms with Gasteiger partial charge in [-0.25, -0.2) is 0 Å². The normalized spacial score (nSPS) is 10.2. The maximum Gasteiger partial charge on any atom is -0.00940 e. The van der Waals surface area contributed by atoms with Crippen LogP contribution in [0.2, 0.25) is 0 Å². The van der Waals surface area contributed by atoms with Crippen molar-refractivity contribution >= 4 is 10.8 Å². The van der Waals surface area contributed by atoms with E-state index in [0.717, 1.165) is 6.42 Å². The van der Waals surface area contributed by atoms with Crippen molar-refractivity contribution in [3.8, 4) is 0 Å². The minimum atomic E-state index is 0.946. The maximum absolute atomic E-state index is 3.76. The first-order chi connectivity index (χ1) is 6.42. The molecule has 64 valence electrons. The fourth-order valence-corrected chi connectivity index (χ4v) is 1.63. The Kier molecular flexibility index (Phi) is 2.13. The van der Waals surface area contributed by atoms with Crippen LogP contribution in [0.25, 0.3) is 10.8 Å². The number of hydrogen-bond acceptors (Lipinski definition) is 0. The van der Waals surface area contributed by atoms with Crippen LogP contribution in [0.5, 0.6) is 0 Å². The number of rotatable bonds is 2. The zero-order valence-electron chi connectivity index (χ0n) is 7.53. The van der Waals surface area contributed by atoms with E-state index in [1.165, 1.54) is 16.3 Å². The molecule has 0 heteroatoms. The zero-order chi connectivity index (χ0) is 9.10. The molecule has 0 N–H and O–H groups in total. The lowest BCUT2D eigenvalue weighted by atomic mass is 10.1. The van der Waals surface area contributed by atoms with E-state index in [2.05, 4.69) is 49.0 Å². The Bertz CT molecular complexity index is 421. The van der Waals surface area contributed by atoms with Crippen molar-refractivity contribution in [1.29, 1.82) is 0 Å². The molecule has 0 spiro atoms. The van der Waals surface area contributed by atoms with Gasteiger partial charge in [0.05, 0.1) is 0 Å². The van der Waals surface area contributed by atoms with E-state index in [9.17, 15) is 0 Å². The molecule has 0 aromatic heterocycles. The number of allylic oxidation sites excluding steroid dienone is 1. The summed E-state index contributed by atoms with van der Waals surface area (Å²) >= 11 is 0. The Balaban J connectivity index is 2.68. The summed E-state index contributed by atoms with van der Waals surface area (Å²) in [5.74, 6) is 0. The fraction of sp³-hybridized carbons (Fsp3) is 0.0769. The summed E-state index contributed by atoms with van der Waals surface area (Å²) in [4.78, 5) is 0. The van der Waals surface area contributed by atoms with Crippen molar-refractivity contribution in [2.24, 2.45) is 0 Å². The molecule has 0 atom stereocenters. The van der Waals surface area contributed by atoms with E-state index in [1.54, 1.807) is 0 Å². The van der Waals surface area contributed by atoms with E-state index < -0.39 is 0 Å². The van der Waals surface area contributed by atoms with E-state index in [0.29, 0.717) is 0 Å². The lowest BCUT2D eigenvalue weighted by Crippen LogP contribution is -1.82.